The van der Waals surface area contributed by atoms with E-state index in [2.05, 4.69) is 41.5 Å². The van der Waals surface area contributed by atoms with E-state index in [0.29, 0.717) is 83.9 Å². The third-order valence-corrected chi connectivity index (χ3v) is 20.6. The fourth-order valence-corrected chi connectivity index (χ4v) is 17.4. The fraction of sp³-hybridized carbons (Fsp3) is 0.958. The van der Waals surface area contributed by atoms with Crippen molar-refractivity contribution in [2.75, 3.05) is 0 Å². The molecule has 0 amide bonds. The summed E-state index contributed by atoms with van der Waals surface area (Å²) in [5.41, 5.74) is 0.375. The van der Waals surface area contributed by atoms with Crippen molar-refractivity contribution in [1.82, 2.24) is 0 Å². The zero-order valence-electron chi connectivity index (χ0n) is 36.5. The summed E-state index contributed by atoms with van der Waals surface area (Å²) in [7, 11) is 0. The van der Waals surface area contributed by atoms with E-state index in [-0.39, 0.29) is 82.0 Å². The van der Waals surface area contributed by atoms with Crippen LogP contribution in [0.25, 0.3) is 0 Å². The van der Waals surface area contributed by atoms with E-state index in [4.69, 9.17) is 0 Å². The summed E-state index contributed by atoms with van der Waals surface area (Å²) >= 11 is 0. The topological polar surface area (TPSA) is 161 Å². The number of rotatable bonds is 8. The maximum absolute atomic E-state index is 11.5. The van der Waals surface area contributed by atoms with Crippen molar-refractivity contribution in [1.29, 1.82) is 0 Å². The molecule has 8 aliphatic rings. The van der Waals surface area contributed by atoms with Gasteiger partial charge in [-0.15, -0.1) is 0 Å². The normalized spacial score (nSPS) is 50.8. The van der Waals surface area contributed by atoms with Gasteiger partial charge in [0, 0.05) is 11.9 Å². The Morgan fingerprint density at radius 3 is 1.26 bits per heavy atom. The number of fused-ring (bicyclic) bond motifs is 10. The van der Waals surface area contributed by atoms with Crippen molar-refractivity contribution >= 4 is 35.0 Å². The van der Waals surface area contributed by atoms with E-state index >= 15 is 0 Å². The van der Waals surface area contributed by atoms with Gasteiger partial charge in [0.15, 0.2) is 0 Å². The molecule has 8 fully saturated rings. The Balaban J connectivity index is 0.000000189. The number of hydrogen-bond acceptors (Lipinski definition) is 8. The van der Waals surface area contributed by atoms with Gasteiger partial charge >= 0.3 is 23.1 Å². The quantitative estimate of drug-likeness (QED) is 0.221. The van der Waals surface area contributed by atoms with E-state index in [1.807, 2.05) is 0 Å². The first-order valence-corrected chi connectivity index (χ1v) is 23.5. The Bertz CT molecular complexity index is 1320. The van der Waals surface area contributed by atoms with Gasteiger partial charge in [0.05, 0.1) is 24.4 Å². The minimum atomic E-state index is -0.957. The second-order valence-corrected chi connectivity index (χ2v) is 22.5. The maximum atomic E-state index is 11.5. The number of aliphatic hydroxyl groups excluding tert-OH is 4. The zero-order chi connectivity index (χ0) is 40.5. The molecule has 0 bridgehead atoms. The molecule has 0 aromatic carbocycles. The summed E-state index contributed by atoms with van der Waals surface area (Å²) in [6, 6.07) is 0. The van der Waals surface area contributed by atoms with Crippen LogP contribution in [0.5, 0.6) is 0 Å². The molecular weight excluding hydrogens is 729 g/mol. The first-order valence-electron chi connectivity index (χ1n) is 23.5. The largest absolute Gasteiger partial charge is 2.00 e. The Labute approximate surface area is 360 Å². The van der Waals surface area contributed by atoms with Crippen molar-refractivity contribution in [3.8, 4) is 0 Å². The Morgan fingerprint density at radius 1 is 0.544 bits per heavy atom. The van der Waals surface area contributed by atoms with Crippen LogP contribution < -0.4 is 10.2 Å². The number of aliphatic carboxylic acids is 2. The summed E-state index contributed by atoms with van der Waals surface area (Å²) in [5.74, 6) is 4.37. The molecule has 0 unspecified atom stereocenters. The fourth-order valence-electron chi connectivity index (χ4n) is 17.4. The summed E-state index contributed by atoms with van der Waals surface area (Å²) in [6.45, 7) is 13.9. The van der Waals surface area contributed by atoms with Gasteiger partial charge < -0.3 is 40.2 Å². The van der Waals surface area contributed by atoms with Crippen LogP contribution in [0.3, 0.4) is 0 Å². The van der Waals surface area contributed by atoms with Crippen molar-refractivity contribution < 1.29 is 40.2 Å². The molecule has 8 nitrogen and oxygen atoms in total. The van der Waals surface area contributed by atoms with Crippen LogP contribution in [0.2, 0.25) is 0 Å². The molecule has 0 aromatic rings. The number of carboxylic acid groups (broad SMARTS) is 2. The molecule has 0 radical (unpaired) electrons. The van der Waals surface area contributed by atoms with Gasteiger partial charge in [-0.2, -0.15) is 0 Å². The van der Waals surface area contributed by atoms with Gasteiger partial charge in [0.1, 0.15) is 0 Å². The van der Waals surface area contributed by atoms with E-state index in [9.17, 15) is 40.2 Å². The van der Waals surface area contributed by atoms with Crippen molar-refractivity contribution in [3.05, 3.63) is 0 Å². The van der Waals surface area contributed by atoms with Crippen LogP contribution in [0.15, 0.2) is 0 Å². The molecule has 8 aliphatic carbocycles. The van der Waals surface area contributed by atoms with E-state index in [1.165, 1.54) is 38.5 Å². The summed E-state index contributed by atoms with van der Waals surface area (Å²) in [4.78, 5) is 21.9. The Kier molecular flexibility index (Phi) is 14.0. The smallest absolute Gasteiger partial charge is 0.550 e. The average Bonchev–Trinajstić information content (AvgIpc) is 3.70. The molecule has 0 spiro atoms. The van der Waals surface area contributed by atoms with Crippen molar-refractivity contribution in [3.63, 3.8) is 0 Å². The maximum Gasteiger partial charge on any atom is 2.00 e. The predicted octanol–water partition coefficient (Wildman–Crippen LogP) is 5.91. The molecule has 0 aliphatic heterocycles. The summed E-state index contributed by atoms with van der Waals surface area (Å²) in [5, 5.41) is 65.2. The van der Waals surface area contributed by atoms with Gasteiger partial charge in [-0.25, -0.2) is 0 Å². The second-order valence-electron chi connectivity index (χ2n) is 22.5. The molecule has 57 heavy (non-hydrogen) atoms. The first kappa shape index (κ1) is 46.1. The van der Waals surface area contributed by atoms with Gasteiger partial charge in [-0.05, 0) is 221 Å². The van der Waals surface area contributed by atoms with E-state index < -0.39 is 11.9 Å². The van der Waals surface area contributed by atoms with Crippen LogP contribution in [-0.2, 0) is 9.59 Å². The van der Waals surface area contributed by atoms with Gasteiger partial charge in [-0.1, -0.05) is 41.5 Å². The molecule has 8 rings (SSSR count). The number of carboxylic acids is 2. The molecule has 4 N–H and O–H groups in total. The Hall–Kier alpha value is -0.454. The molecule has 0 saturated heterocycles. The SMILES string of the molecule is C[C@H](CCC(=O)[O-])[C@H]1CC[C@H]2[C@@H]3CC[C@@H]4C[C@H](O)CC[C@]4(C)[C@H]3C[C@H](O)[C@]12C.C[C@H](CCC(=O)[O-])[C@H]1CC[C@H]2[C@@H]3CC[C@@H]4C[C@H](O)CC[C@]4(C)[C@H]3C[C@H](O)[C@]12C.[Mg+2]. The third-order valence-electron chi connectivity index (χ3n) is 20.6. The zero-order valence-corrected chi connectivity index (χ0v) is 37.9. The predicted molar refractivity (Wildman–Crippen MR) is 218 cm³/mol. The van der Waals surface area contributed by atoms with E-state index in [1.54, 1.807) is 0 Å². The number of hydrogen-bond donors (Lipinski definition) is 4. The van der Waals surface area contributed by atoms with Crippen LogP contribution in [0, 0.1) is 92.7 Å². The van der Waals surface area contributed by atoms with Gasteiger partial charge in [0.25, 0.3) is 0 Å². The molecule has 8 saturated carbocycles. The number of aliphatic hydroxyl groups is 4. The first-order chi connectivity index (χ1) is 26.3. The second kappa shape index (κ2) is 17.4. The number of carbonyl (C=O) groups excluding carboxylic acids is 2. The van der Waals surface area contributed by atoms with Crippen LogP contribution >= 0.6 is 0 Å². The van der Waals surface area contributed by atoms with E-state index in [0.717, 1.165) is 64.2 Å². The molecule has 0 aromatic heterocycles. The Morgan fingerprint density at radius 2 is 0.912 bits per heavy atom. The molecule has 320 valence electrons. The summed E-state index contributed by atoms with van der Waals surface area (Å²) in [6.07, 6.45) is 18.0. The molecule has 0 heterocycles. The number of carbonyl (C=O) groups is 2. The van der Waals surface area contributed by atoms with Gasteiger partial charge in [0.2, 0.25) is 0 Å². The van der Waals surface area contributed by atoms with Crippen LogP contribution in [0.4, 0.5) is 0 Å². The average molecular weight is 807 g/mol. The van der Waals surface area contributed by atoms with Gasteiger partial charge in [-0.3, -0.25) is 0 Å². The van der Waals surface area contributed by atoms with Crippen molar-refractivity contribution in [2.24, 2.45) is 92.7 Å². The monoisotopic (exact) mass is 807 g/mol. The third kappa shape index (κ3) is 7.95. The molecule has 20 atom stereocenters. The molecule has 9 heteroatoms. The van der Waals surface area contributed by atoms with Crippen LogP contribution in [-0.4, -0.2) is 79.8 Å². The minimum Gasteiger partial charge on any atom is -0.550 e. The van der Waals surface area contributed by atoms with Crippen LogP contribution in [0.1, 0.15) is 170 Å². The van der Waals surface area contributed by atoms with Crippen molar-refractivity contribution in [2.45, 2.75) is 194 Å². The summed E-state index contributed by atoms with van der Waals surface area (Å²) < 4.78 is 0. The minimum absolute atomic E-state index is 0. The molecular formula is C48H78MgO8. The standard InChI is InChI=1S/2C24H40O4.Mg/c2*1-14(4-9-22(27)28)18-7-8-19-17-6-5-15-12-16(25)10-11-23(15,2)20(17)13-21(26)24(18,19)3;/h2*14-21,25-26H,4-13H2,1-3H3,(H,27,28);/q;;+2/p-2/t2*14-,15-,16-,17+,18-,19+,20+,21+,23+,24-;/m11./s1.